The van der Waals surface area contributed by atoms with Gasteiger partial charge in [-0.05, 0) is 24.5 Å². The lowest BCUT2D eigenvalue weighted by atomic mass is 9.96. The molecule has 6 heteroatoms. The first-order valence-corrected chi connectivity index (χ1v) is 8.81. The fourth-order valence-electron chi connectivity index (χ4n) is 3.64. The van der Waals surface area contributed by atoms with E-state index >= 15 is 0 Å². The average Bonchev–Trinajstić information content (AvgIpc) is 2.84. The zero-order valence-corrected chi connectivity index (χ0v) is 15.0. The second kappa shape index (κ2) is 7.54. The molecule has 0 N–H and O–H groups in total. The number of carbonyl (C=O) groups is 2. The van der Waals surface area contributed by atoms with Crippen LogP contribution in [0, 0.1) is 0 Å². The summed E-state index contributed by atoms with van der Waals surface area (Å²) >= 11 is 0. The van der Waals surface area contributed by atoms with Gasteiger partial charge in [-0.2, -0.15) is 0 Å². The van der Waals surface area contributed by atoms with E-state index in [4.69, 9.17) is 9.47 Å². The van der Waals surface area contributed by atoms with Gasteiger partial charge in [-0.25, -0.2) is 0 Å². The predicted octanol–water partition coefficient (Wildman–Crippen LogP) is 1.62. The van der Waals surface area contributed by atoms with E-state index in [1.807, 2.05) is 23.1 Å². The molecule has 1 aromatic carbocycles. The Bertz CT molecular complexity index is 648. The van der Waals surface area contributed by atoms with Crippen molar-refractivity contribution in [3.05, 3.63) is 29.8 Å². The van der Waals surface area contributed by atoms with Gasteiger partial charge in [0.2, 0.25) is 11.8 Å². The Morgan fingerprint density at radius 3 is 2.84 bits per heavy atom. The molecule has 6 nitrogen and oxygen atoms in total. The topological polar surface area (TPSA) is 59.1 Å². The number of ether oxygens (including phenoxy) is 2. The molecule has 0 aromatic heterocycles. The van der Waals surface area contributed by atoms with Gasteiger partial charge in [-0.1, -0.05) is 18.2 Å². The molecule has 0 unspecified atom stereocenters. The van der Waals surface area contributed by atoms with E-state index in [0.29, 0.717) is 32.8 Å². The third-order valence-corrected chi connectivity index (χ3v) is 5.11. The molecule has 1 atom stereocenters. The van der Waals surface area contributed by atoms with Gasteiger partial charge in [-0.15, -0.1) is 0 Å². The molecule has 2 amide bonds. The SMILES string of the molecule is CO[C@@]1(CC(=O)N2CCCc3ccccc32)COCCN(C(C)=O)C1. The number of rotatable bonds is 3. The number of hydrogen-bond acceptors (Lipinski definition) is 4. The highest BCUT2D eigenvalue weighted by Gasteiger charge is 2.39. The number of nitrogens with zero attached hydrogens (tertiary/aromatic N) is 2. The van der Waals surface area contributed by atoms with Crippen LogP contribution < -0.4 is 4.90 Å². The second-order valence-electron chi connectivity index (χ2n) is 6.83. The van der Waals surface area contributed by atoms with E-state index in [0.717, 1.165) is 18.5 Å². The lowest BCUT2D eigenvalue weighted by molar-refractivity contribution is -0.138. The minimum atomic E-state index is -0.800. The Balaban J connectivity index is 1.79. The van der Waals surface area contributed by atoms with Crippen molar-refractivity contribution in [1.29, 1.82) is 0 Å². The number of carbonyl (C=O) groups excluding carboxylic acids is 2. The Hall–Kier alpha value is -1.92. The van der Waals surface area contributed by atoms with Crippen LogP contribution in [0.1, 0.15) is 25.3 Å². The fourth-order valence-corrected chi connectivity index (χ4v) is 3.64. The van der Waals surface area contributed by atoms with E-state index in [1.54, 1.807) is 12.0 Å². The summed E-state index contributed by atoms with van der Waals surface area (Å²) in [6.07, 6.45) is 2.15. The Morgan fingerprint density at radius 2 is 2.08 bits per heavy atom. The molecule has 2 heterocycles. The molecule has 3 rings (SSSR count). The van der Waals surface area contributed by atoms with Crippen LogP contribution in [0.5, 0.6) is 0 Å². The molecule has 0 aliphatic carbocycles. The van der Waals surface area contributed by atoms with Crippen LogP contribution in [0.15, 0.2) is 24.3 Å². The van der Waals surface area contributed by atoms with Crippen LogP contribution in [0.3, 0.4) is 0 Å². The van der Waals surface area contributed by atoms with Crippen molar-refractivity contribution in [2.45, 2.75) is 31.8 Å². The van der Waals surface area contributed by atoms with Crippen LogP contribution in [-0.4, -0.2) is 62.3 Å². The molecular weight excluding hydrogens is 320 g/mol. The first-order valence-electron chi connectivity index (χ1n) is 8.81. The number of amides is 2. The van der Waals surface area contributed by atoms with Gasteiger partial charge in [0.1, 0.15) is 5.60 Å². The van der Waals surface area contributed by atoms with Gasteiger partial charge >= 0.3 is 0 Å². The standard InChI is InChI=1S/C19H26N2O4/c1-15(22)20-10-11-25-14-19(13-20,24-2)12-18(23)21-9-5-7-16-6-3-4-8-17(16)21/h3-4,6,8H,5,7,9-14H2,1-2H3/t19-/m1/s1. The van der Waals surface area contributed by atoms with Gasteiger partial charge in [0.25, 0.3) is 0 Å². The summed E-state index contributed by atoms with van der Waals surface area (Å²) in [5.41, 5.74) is 1.39. The first kappa shape index (κ1) is 17.9. The molecular formula is C19H26N2O4. The average molecular weight is 346 g/mol. The summed E-state index contributed by atoms with van der Waals surface area (Å²) in [5, 5.41) is 0. The first-order chi connectivity index (χ1) is 12.0. The maximum atomic E-state index is 13.1. The van der Waals surface area contributed by atoms with Crippen molar-refractivity contribution >= 4 is 17.5 Å². The van der Waals surface area contributed by atoms with E-state index in [1.165, 1.54) is 12.5 Å². The molecule has 1 fully saturated rings. The number of anilines is 1. The molecule has 25 heavy (non-hydrogen) atoms. The predicted molar refractivity (Wildman–Crippen MR) is 94.5 cm³/mol. The maximum Gasteiger partial charge on any atom is 0.230 e. The van der Waals surface area contributed by atoms with Gasteiger partial charge in [0, 0.05) is 32.8 Å². The zero-order valence-electron chi connectivity index (χ0n) is 15.0. The summed E-state index contributed by atoms with van der Waals surface area (Å²) in [5.74, 6) is -0.00862. The smallest absolute Gasteiger partial charge is 0.230 e. The summed E-state index contributed by atoms with van der Waals surface area (Å²) in [6.45, 7) is 3.93. The molecule has 1 aromatic rings. The summed E-state index contributed by atoms with van der Waals surface area (Å²) < 4.78 is 11.4. The zero-order chi connectivity index (χ0) is 17.9. The molecule has 2 aliphatic rings. The van der Waals surface area contributed by atoms with Crippen molar-refractivity contribution < 1.29 is 19.1 Å². The van der Waals surface area contributed by atoms with E-state index in [9.17, 15) is 9.59 Å². The molecule has 136 valence electrons. The highest BCUT2D eigenvalue weighted by Crippen LogP contribution is 2.29. The van der Waals surface area contributed by atoms with Crippen molar-refractivity contribution in [2.75, 3.05) is 44.9 Å². The largest absolute Gasteiger partial charge is 0.377 e. The molecule has 1 saturated heterocycles. The molecule has 0 bridgehead atoms. The van der Waals surface area contributed by atoms with E-state index in [-0.39, 0.29) is 18.2 Å². The third kappa shape index (κ3) is 3.85. The molecule has 0 radical (unpaired) electrons. The number of methoxy groups -OCH3 is 1. The van der Waals surface area contributed by atoms with Crippen LogP contribution in [0.4, 0.5) is 5.69 Å². The van der Waals surface area contributed by atoms with Crippen molar-refractivity contribution in [3.8, 4) is 0 Å². The number of fused-ring (bicyclic) bond motifs is 1. The number of aryl methyl sites for hydroxylation is 1. The summed E-state index contributed by atoms with van der Waals surface area (Å²) in [4.78, 5) is 28.4. The molecule has 0 saturated carbocycles. The molecule has 0 spiro atoms. The Morgan fingerprint density at radius 1 is 1.28 bits per heavy atom. The van der Waals surface area contributed by atoms with Crippen molar-refractivity contribution in [1.82, 2.24) is 4.90 Å². The van der Waals surface area contributed by atoms with Crippen LogP contribution in [0.2, 0.25) is 0 Å². The monoisotopic (exact) mass is 346 g/mol. The van der Waals surface area contributed by atoms with Crippen molar-refractivity contribution in [2.24, 2.45) is 0 Å². The van der Waals surface area contributed by atoms with Gasteiger partial charge in [-0.3, -0.25) is 9.59 Å². The van der Waals surface area contributed by atoms with Crippen molar-refractivity contribution in [3.63, 3.8) is 0 Å². The van der Waals surface area contributed by atoms with Crippen LogP contribution >= 0.6 is 0 Å². The fraction of sp³-hybridized carbons (Fsp3) is 0.579. The number of para-hydroxylation sites is 1. The Labute approximate surface area is 148 Å². The highest BCUT2D eigenvalue weighted by atomic mass is 16.5. The number of hydrogen-bond donors (Lipinski definition) is 0. The van der Waals surface area contributed by atoms with Crippen LogP contribution in [-0.2, 0) is 25.5 Å². The van der Waals surface area contributed by atoms with E-state index in [2.05, 4.69) is 6.07 Å². The number of benzene rings is 1. The highest BCUT2D eigenvalue weighted by molar-refractivity contribution is 5.95. The van der Waals surface area contributed by atoms with Gasteiger partial charge in [0.05, 0.1) is 26.2 Å². The van der Waals surface area contributed by atoms with E-state index < -0.39 is 5.60 Å². The Kier molecular flexibility index (Phi) is 5.39. The summed E-state index contributed by atoms with van der Waals surface area (Å²) in [6, 6.07) is 8.04. The minimum Gasteiger partial charge on any atom is -0.377 e. The minimum absolute atomic E-state index is 0.0167. The molecule has 2 aliphatic heterocycles. The maximum absolute atomic E-state index is 13.1. The lowest BCUT2D eigenvalue weighted by Crippen LogP contribution is -2.51. The quantitative estimate of drug-likeness (QED) is 0.834. The lowest BCUT2D eigenvalue weighted by Gasteiger charge is -2.36. The summed E-state index contributed by atoms with van der Waals surface area (Å²) in [7, 11) is 1.59. The van der Waals surface area contributed by atoms with Gasteiger partial charge in [0.15, 0.2) is 0 Å². The van der Waals surface area contributed by atoms with Crippen LogP contribution in [0.25, 0.3) is 0 Å². The van der Waals surface area contributed by atoms with Gasteiger partial charge < -0.3 is 19.3 Å². The third-order valence-electron chi connectivity index (χ3n) is 5.11. The second-order valence-corrected chi connectivity index (χ2v) is 6.83. The normalized spacial score (nSPS) is 23.8.